The maximum absolute atomic E-state index is 12.6. The molecule has 0 unspecified atom stereocenters. The Bertz CT molecular complexity index is 452. The molecule has 4 heteroatoms. The maximum Gasteiger partial charge on any atom is 0.133 e. The first-order valence-corrected chi connectivity index (χ1v) is 6.14. The summed E-state index contributed by atoms with van der Waals surface area (Å²) in [5, 5.41) is 3.91. The molecule has 0 spiro atoms. The van der Waals surface area contributed by atoms with E-state index in [4.69, 9.17) is 4.52 Å². The van der Waals surface area contributed by atoms with Crippen LogP contribution in [0.4, 0.5) is 4.39 Å². The lowest BCUT2D eigenvalue weighted by Crippen LogP contribution is -1.84. The summed E-state index contributed by atoms with van der Waals surface area (Å²) >= 11 is 1.73. The zero-order chi connectivity index (χ0) is 11.4. The molecular weight excluding hydrogens is 225 g/mol. The number of nitrogens with zero attached hydrogens (tertiary/aromatic N) is 1. The zero-order valence-electron chi connectivity index (χ0n) is 8.94. The summed E-state index contributed by atoms with van der Waals surface area (Å²) in [4.78, 5) is 0. The van der Waals surface area contributed by atoms with Crippen molar-refractivity contribution in [1.29, 1.82) is 0 Å². The molecule has 2 rings (SSSR count). The monoisotopic (exact) mass is 237 g/mol. The van der Waals surface area contributed by atoms with Gasteiger partial charge in [0, 0.05) is 17.6 Å². The first-order chi connectivity index (χ1) is 7.74. The van der Waals surface area contributed by atoms with Crippen LogP contribution >= 0.6 is 11.8 Å². The van der Waals surface area contributed by atoms with E-state index in [1.54, 1.807) is 23.9 Å². The van der Waals surface area contributed by atoms with E-state index in [1.807, 2.05) is 13.0 Å². The van der Waals surface area contributed by atoms with Gasteiger partial charge in [-0.25, -0.2) is 4.39 Å². The SMILES string of the molecule is Cc1cc(CSCc2ccc(F)cc2)no1. The van der Waals surface area contributed by atoms with E-state index in [-0.39, 0.29) is 5.82 Å². The Kier molecular flexibility index (Phi) is 3.62. The summed E-state index contributed by atoms with van der Waals surface area (Å²) in [6.45, 7) is 1.88. The Morgan fingerprint density at radius 1 is 1.25 bits per heavy atom. The second-order valence-corrected chi connectivity index (χ2v) is 4.53. The lowest BCUT2D eigenvalue weighted by Gasteiger charge is -1.99. The van der Waals surface area contributed by atoms with Gasteiger partial charge in [0.15, 0.2) is 0 Å². The standard InChI is InChI=1S/C12H12FNOS/c1-9-6-12(14-15-9)8-16-7-10-2-4-11(13)5-3-10/h2-6H,7-8H2,1H3. The van der Waals surface area contributed by atoms with Crippen LogP contribution in [0.5, 0.6) is 0 Å². The van der Waals surface area contributed by atoms with Crippen LogP contribution in [0.25, 0.3) is 0 Å². The minimum Gasteiger partial charge on any atom is -0.361 e. The molecule has 0 N–H and O–H groups in total. The van der Waals surface area contributed by atoms with Crippen molar-refractivity contribution in [3.05, 3.63) is 53.2 Å². The van der Waals surface area contributed by atoms with E-state index < -0.39 is 0 Å². The van der Waals surface area contributed by atoms with Gasteiger partial charge in [0.1, 0.15) is 11.6 Å². The number of hydrogen-bond acceptors (Lipinski definition) is 3. The molecule has 0 saturated heterocycles. The van der Waals surface area contributed by atoms with Gasteiger partial charge in [-0.2, -0.15) is 11.8 Å². The molecule has 0 radical (unpaired) electrons. The molecule has 16 heavy (non-hydrogen) atoms. The van der Waals surface area contributed by atoms with Gasteiger partial charge < -0.3 is 4.52 Å². The van der Waals surface area contributed by atoms with Gasteiger partial charge in [-0.3, -0.25) is 0 Å². The Labute approximate surface area is 97.8 Å². The summed E-state index contributed by atoms with van der Waals surface area (Å²) in [6, 6.07) is 8.50. The van der Waals surface area contributed by atoms with Crippen molar-refractivity contribution in [3.63, 3.8) is 0 Å². The van der Waals surface area contributed by atoms with Crippen LogP contribution < -0.4 is 0 Å². The van der Waals surface area contributed by atoms with Crippen molar-refractivity contribution in [1.82, 2.24) is 5.16 Å². The molecule has 2 nitrogen and oxygen atoms in total. The number of hydrogen-bond donors (Lipinski definition) is 0. The van der Waals surface area contributed by atoms with Crippen molar-refractivity contribution in [2.45, 2.75) is 18.4 Å². The second kappa shape index (κ2) is 5.16. The summed E-state index contributed by atoms with van der Waals surface area (Å²) in [6.07, 6.45) is 0. The topological polar surface area (TPSA) is 26.0 Å². The van der Waals surface area contributed by atoms with Crippen molar-refractivity contribution >= 4 is 11.8 Å². The number of aromatic nitrogens is 1. The predicted octanol–water partition coefficient (Wildman–Crippen LogP) is 3.56. The summed E-state index contributed by atoms with van der Waals surface area (Å²) < 4.78 is 17.6. The highest BCUT2D eigenvalue weighted by atomic mass is 32.2. The van der Waals surface area contributed by atoms with E-state index in [1.165, 1.54) is 12.1 Å². The fraction of sp³-hybridized carbons (Fsp3) is 0.250. The van der Waals surface area contributed by atoms with Crippen molar-refractivity contribution in [3.8, 4) is 0 Å². The molecule has 0 fully saturated rings. The van der Waals surface area contributed by atoms with Crippen LogP contribution in [0.3, 0.4) is 0 Å². The Morgan fingerprint density at radius 2 is 2.00 bits per heavy atom. The van der Waals surface area contributed by atoms with Crippen molar-refractivity contribution < 1.29 is 8.91 Å². The van der Waals surface area contributed by atoms with Gasteiger partial charge in [-0.15, -0.1) is 0 Å². The molecule has 0 aliphatic heterocycles. The minimum absolute atomic E-state index is 0.194. The highest BCUT2D eigenvalue weighted by Crippen LogP contribution is 2.17. The zero-order valence-corrected chi connectivity index (χ0v) is 9.76. The first kappa shape index (κ1) is 11.2. The summed E-state index contributed by atoms with van der Waals surface area (Å²) in [7, 11) is 0. The third-order valence-electron chi connectivity index (χ3n) is 2.11. The summed E-state index contributed by atoms with van der Waals surface area (Å²) in [5.41, 5.74) is 2.07. The highest BCUT2D eigenvalue weighted by Gasteiger charge is 2.00. The molecule has 0 atom stereocenters. The molecule has 0 aliphatic rings. The van der Waals surface area contributed by atoms with Gasteiger partial charge in [0.2, 0.25) is 0 Å². The van der Waals surface area contributed by atoms with Crippen LogP contribution in [-0.4, -0.2) is 5.16 Å². The average Bonchev–Trinajstić information content (AvgIpc) is 2.67. The second-order valence-electron chi connectivity index (χ2n) is 3.55. The molecule has 0 aliphatic carbocycles. The molecule has 0 saturated carbocycles. The number of thioether (sulfide) groups is 1. The van der Waals surface area contributed by atoms with Gasteiger partial charge >= 0.3 is 0 Å². The molecule has 0 bridgehead atoms. The average molecular weight is 237 g/mol. The predicted molar refractivity (Wildman–Crippen MR) is 62.6 cm³/mol. The van der Waals surface area contributed by atoms with Gasteiger partial charge in [-0.05, 0) is 24.6 Å². The Balaban J connectivity index is 1.82. The first-order valence-electron chi connectivity index (χ1n) is 4.98. The van der Waals surface area contributed by atoms with Crippen LogP contribution in [0.2, 0.25) is 0 Å². The van der Waals surface area contributed by atoms with E-state index in [0.29, 0.717) is 0 Å². The van der Waals surface area contributed by atoms with E-state index in [0.717, 1.165) is 28.5 Å². The third kappa shape index (κ3) is 3.10. The molecule has 84 valence electrons. The number of halogens is 1. The van der Waals surface area contributed by atoms with Gasteiger partial charge in [-0.1, -0.05) is 17.3 Å². The smallest absolute Gasteiger partial charge is 0.133 e. The van der Waals surface area contributed by atoms with E-state index in [2.05, 4.69) is 5.16 Å². The third-order valence-corrected chi connectivity index (χ3v) is 3.15. The maximum atomic E-state index is 12.6. The van der Waals surface area contributed by atoms with Crippen molar-refractivity contribution in [2.75, 3.05) is 0 Å². The van der Waals surface area contributed by atoms with Crippen LogP contribution in [0.15, 0.2) is 34.9 Å². The Hall–Kier alpha value is -1.29. The fourth-order valence-electron chi connectivity index (χ4n) is 1.34. The molecule has 1 aromatic heterocycles. The van der Waals surface area contributed by atoms with Crippen molar-refractivity contribution in [2.24, 2.45) is 0 Å². The quantitative estimate of drug-likeness (QED) is 0.813. The molecule has 1 aromatic carbocycles. The van der Waals surface area contributed by atoms with Crippen LogP contribution in [0, 0.1) is 12.7 Å². The molecular formula is C12H12FNOS. The van der Waals surface area contributed by atoms with Crippen LogP contribution in [0.1, 0.15) is 17.0 Å². The minimum atomic E-state index is -0.194. The number of aryl methyl sites for hydroxylation is 1. The number of benzene rings is 1. The summed E-state index contributed by atoms with van der Waals surface area (Å²) in [5.74, 6) is 2.30. The largest absolute Gasteiger partial charge is 0.361 e. The lowest BCUT2D eigenvalue weighted by molar-refractivity contribution is 0.393. The van der Waals surface area contributed by atoms with Gasteiger partial charge in [0.25, 0.3) is 0 Å². The fourth-order valence-corrected chi connectivity index (χ4v) is 2.22. The molecule has 2 aromatic rings. The number of rotatable bonds is 4. The van der Waals surface area contributed by atoms with E-state index in [9.17, 15) is 4.39 Å². The normalized spacial score (nSPS) is 10.6. The Morgan fingerprint density at radius 3 is 2.62 bits per heavy atom. The van der Waals surface area contributed by atoms with Crippen LogP contribution in [-0.2, 0) is 11.5 Å². The van der Waals surface area contributed by atoms with E-state index >= 15 is 0 Å². The molecule has 0 amide bonds. The molecule has 1 heterocycles. The highest BCUT2D eigenvalue weighted by molar-refractivity contribution is 7.97. The van der Waals surface area contributed by atoms with Gasteiger partial charge in [0.05, 0.1) is 5.69 Å². The lowest BCUT2D eigenvalue weighted by atomic mass is 10.2.